The van der Waals surface area contributed by atoms with Crippen molar-refractivity contribution < 1.29 is 4.79 Å². The number of amides is 1. The summed E-state index contributed by atoms with van der Waals surface area (Å²) in [5.41, 5.74) is 10.2. The third kappa shape index (κ3) is 5.35. The molecule has 9 heteroatoms. The number of carbonyl (C=O) groups excluding carboxylic acids is 1. The Bertz CT molecular complexity index is 1220. The summed E-state index contributed by atoms with van der Waals surface area (Å²) >= 11 is 3.03. The molecular weight excluding hydrogens is 440 g/mol. The van der Waals surface area contributed by atoms with Gasteiger partial charge >= 0.3 is 0 Å². The minimum atomic E-state index is -0.123. The van der Waals surface area contributed by atoms with Crippen molar-refractivity contribution in [1.29, 1.82) is 0 Å². The summed E-state index contributed by atoms with van der Waals surface area (Å²) < 4.78 is 2.09. The van der Waals surface area contributed by atoms with Crippen molar-refractivity contribution in [3.05, 3.63) is 82.1 Å². The van der Waals surface area contributed by atoms with Gasteiger partial charge in [-0.3, -0.25) is 4.79 Å². The molecule has 2 aromatic carbocycles. The number of nitrogen functional groups attached to an aromatic ring is 1. The Hall–Kier alpha value is -3.17. The Kier molecular flexibility index (Phi) is 6.87. The monoisotopic (exact) mass is 464 g/mol. The van der Waals surface area contributed by atoms with Gasteiger partial charge in [-0.05, 0) is 43.7 Å². The molecule has 2 aromatic heterocycles. The van der Waals surface area contributed by atoms with Crippen LogP contribution < -0.4 is 11.1 Å². The van der Waals surface area contributed by atoms with Gasteiger partial charge in [-0.25, -0.2) is 4.98 Å². The highest BCUT2D eigenvalue weighted by molar-refractivity contribution is 7.98. The topological polar surface area (TPSA) is 98.7 Å². The molecular formula is C23H24N6OS2. The van der Waals surface area contributed by atoms with Crippen molar-refractivity contribution >= 4 is 39.8 Å². The standard InChI is InChI=1S/C23H24N6OS2/c1-3-29-20(12-19-14-31-22(24)26-19)27-28-23(29)32-13-16-5-4-6-17(11-16)21(30)25-18-9-7-15(2)8-10-18/h4-11,14H,3,12-13H2,1-2H3,(H2,24,26)(H,25,30). The van der Waals surface area contributed by atoms with Crippen LogP contribution in [-0.4, -0.2) is 25.7 Å². The lowest BCUT2D eigenvalue weighted by molar-refractivity contribution is 0.102. The van der Waals surface area contributed by atoms with E-state index in [1.807, 2.05) is 60.8 Å². The molecule has 0 aliphatic heterocycles. The van der Waals surface area contributed by atoms with Gasteiger partial charge in [-0.2, -0.15) is 0 Å². The molecule has 0 unspecified atom stereocenters. The van der Waals surface area contributed by atoms with Gasteiger partial charge in [-0.1, -0.05) is 41.6 Å². The van der Waals surface area contributed by atoms with E-state index in [0.29, 0.717) is 22.9 Å². The van der Waals surface area contributed by atoms with E-state index >= 15 is 0 Å². The molecule has 1 amide bonds. The van der Waals surface area contributed by atoms with Crippen LogP contribution in [0, 0.1) is 6.92 Å². The number of thiazole rings is 1. The second kappa shape index (κ2) is 9.97. The van der Waals surface area contributed by atoms with E-state index in [4.69, 9.17) is 5.73 Å². The normalized spacial score (nSPS) is 10.9. The van der Waals surface area contributed by atoms with Gasteiger partial charge in [0.1, 0.15) is 5.82 Å². The number of hydrogen-bond donors (Lipinski definition) is 2. The predicted molar refractivity (Wildman–Crippen MR) is 130 cm³/mol. The maximum atomic E-state index is 12.6. The van der Waals surface area contributed by atoms with E-state index in [1.165, 1.54) is 11.3 Å². The summed E-state index contributed by atoms with van der Waals surface area (Å²) in [6.45, 7) is 4.86. The molecule has 0 saturated carbocycles. The van der Waals surface area contributed by atoms with Crippen LogP contribution in [0.3, 0.4) is 0 Å². The number of rotatable bonds is 8. The van der Waals surface area contributed by atoms with Gasteiger partial charge in [0.05, 0.1) is 12.1 Å². The van der Waals surface area contributed by atoms with Gasteiger partial charge in [-0.15, -0.1) is 21.5 Å². The Morgan fingerprint density at radius 2 is 2.00 bits per heavy atom. The highest BCUT2D eigenvalue weighted by Gasteiger charge is 2.14. The molecule has 0 fully saturated rings. The molecule has 2 heterocycles. The zero-order valence-corrected chi connectivity index (χ0v) is 19.5. The number of aromatic nitrogens is 4. The Morgan fingerprint density at radius 3 is 2.72 bits per heavy atom. The van der Waals surface area contributed by atoms with Crippen molar-refractivity contribution in [3.63, 3.8) is 0 Å². The van der Waals surface area contributed by atoms with Gasteiger partial charge in [0.2, 0.25) is 0 Å². The smallest absolute Gasteiger partial charge is 0.255 e. The number of benzene rings is 2. The summed E-state index contributed by atoms with van der Waals surface area (Å²) in [6, 6.07) is 15.4. The molecule has 0 spiro atoms. The van der Waals surface area contributed by atoms with Crippen LogP contribution in [0.2, 0.25) is 0 Å². The largest absolute Gasteiger partial charge is 0.375 e. The lowest BCUT2D eigenvalue weighted by Gasteiger charge is -2.08. The van der Waals surface area contributed by atoms with Crippen molar-refractivity contribution in [2.75, 3.05) is 11.1 Å². The fraction of sp³-hybridized carbons (Fsp3) is 0.217. The third-order valence-electron chi connectivity index (χ3n) is 4.88. The van der Waals surface area contributed by atoms with Crippen molar-refractivity contribution in [1.82, 2.24) is 19.7 Å². The number of carbonyl (C=O) groups is 1. The highest BCUT2D eigenvalue weighted by Crippen LogP contribution is 2.24. The molecule has 0 radical (unpaired) electrons. The Balaban J connectivity index is 1.42. The predicted octanol–water partition coefficient (Wildman–Crippen LogP) is 4.78. The number of nitrogens with zero attached hydrogens (tertiary/aromatic N) is 4. The fourth-order valence-corrected chi connectivity index (χ4v) is 4.76. The molecule has 0 bridgehead atoms. The molecule has 164 valence electrons. The average Bonchev–Trinajstić information content (AvgIpc) is 3.39. The van der Waals surface area contributed by atoms with Gasteiger partial charge in [0.25, 0.3) is 5.91 Å². The summed E-state index contributed by atoms with van der Waals surface area (Å²) in [5, 5.41) is 15.0. The van der Waals surface area contributed by atoms with Crippen LogP contribution >= 0.6 is 23.1 Å². The first kappa shape index (κ1) is 22.0. The lowest BCUT2D eigenvalue weighted by atomic mass is 10.1. The molecule has 0 atom stereocenters. The molecule has 3 N–H and O–H groups in total. The Morgan fingerprint density at radius 1 is 1.19 bits per heavy atom. The van der Waals surface area contributed by atoms with Crippen molar-refractivity contribution in [3.8, 4) is 0 Å². The zero-order chi connectivity index (χ0) is 22.5. The van der Waals surface area contributed by atoms with E-state index in [2.05, 4.69) is 32.0 Å². The first-order valence-corrected chi connectivity index (χ1v) is 12.1. The van der Waals surface area contributed by atoms with Crippen LogP contribution in [0.25, 0.3) is 0 Å². The number of aryl methyl sites for hydroxylation is 1. The molecule has 4 rings (SSSR count). The quantitative estimate of drug-likeness (QED) is 0.364. The first-order valence-electron chi connectivity index (χ1n) is 10.2. The van der Waals surface area contributed by atoms with Crippen LogP contribution in [0.5, 0.6) is 0 Å². The number of nitrogens with one attached hydrogen (secondary N) is 1. The van der Waals surface area contributed by atoms with Gasteiger partial charge in [0.15, 0.2) is 10.3 Å². The van der Waals surface area contributed by atoms with Crippen molar-refractivity contribution in [2.24, 2.45) is 0 Å². The maximum Gasteiger partial charge on any atom is 0.255 e. The SMILES string of the molecule is CCn1c(Cc2csc(N)n2)nnc1SCc1cccc(C(=O)Nc2ccc(C)cc2)c1. The number of anilines is 2. The van der Waals surface area contributed by atoms with Crippen LogP contribution in [0.1, 0.15) is 39.9 Å². The maximum absolute atomic E-state index is 12.6. The van der Waals surface area contributed by atoms with E-state index in [1.54, 1.807) is 11.8 Å². The minimum absolute atomic E-state index is 0.123. The highest BCUT2D eigenvalue weighted by atomic mass is 32.2. The van der Waals surface area contributed by atoms with Crippen LogP contribution in [-0.2, 0) is 18.7 Å². The number of thioether (sulfide) groups is 1. The number of nitrogens with two attached hydrogens (primary N) is 1. The average molecular weight is 465 g/mol. The molecule has 0 aliphatic rings. The summed E-state index contributed by atoms with van der Waals surface area (Å²) in [5.74, 6) is 1.43. The van der Waals surface area contributed by atoms with E-state index < -0.39 is 0 Å². The number of hydrogen-bond acceptors (Lipinski definition) is 7. The van der Waals surface area contributed by atoms with Crippen LogP contribution in [0.4, 0.5) is 10.8 Å². The molecule has 7 nitrogen and oxygen atoms in total. The molecule has 32 heavy (non-hydrogen) atoms. The lowest BCUT2D eigenvalue weighted by Crippen LogP contribution is -2.12. The second-order valence-corrected chi connectivity index (χ2v) is 9.14. The zero-order valence-electron chi connectivity index (χ0n) is 17.9. The van der Waals surface area contributed by atoms with Gasteiger partial charge in [0, 0.05) is 28.9 Å². The van der Waals surface area contributed by atoms with E-state index in [0.717, 1.165) is 40.0 Å². The van der Waals surface area contributed by atoms with Crippen LogP contribution in [0.15, 0.2) is 59.1 Å². The third-order valence-corrected chi connectivity index (χ3v) is 6.65. The van der Waals surface area contributed by atoms with Gasteiger partial charge < -0.3 is 15.6 Å². The summed E-state index contributed by atoms with van der Waals surface area (Å²) in [4.78, 5) is 17.0. The molecule has 0 saturated heterocycles. The fourth-order valence-electron chi connectivity index (χ4n) is 3.23. The molecule has 0 aliphatic carbocycles. The summed E-state index contributed by atoms with van der Waals surface area (Å²) in [6.07, 6.45) is 0.601. The van der Waals surface area contributed by atoms with E-state index in [9.17, 15) is 4.79 Å². The summed E-state index contributed by atoms with van der Waals surface area (Å²) in [7, 11) is 0. The second-order valence-electron chi connectivity index (χ2n) is 7.31. The minimum Gasteiger partial charge on any atom is -0.375 e. The Labute approximate surface area is 195 Å². The molecule has 4 aromatic rings. The van der Waals surface area contributed by atoms with Crippen molar-refractivity contribution in [2.45, 2.75) is 37.7 Å². The first-order chi connectivity index (χ1) is 15.5. The van der Waals surface area contributed by atoms with E-state index in [-0.39, 0.29) is 5.91 Å².